The number of amides is 1. The molecule has 2 aliphatic rings. The number of hydrogen-bond donors (Lipinski definition) is 1. The van der Waals surface area contributed by atoms with Gasteiger partial charge in [-0.2, -0.15) is 0 Å². The molecule has 2 aromatic rings. The summed E-state index contributed by atoms with van der Waals surface area (Å²) >= 11 is 1.81. The van der Waals surface area contributed by atoms with Crippen molar-refractivity contribution < 1.29 is 4.79 Å². The minimum Gasteiger partial charge on any atom is -0.326 e. The Morgan fingerprint density at radius 1 is 0.943 bits per heavy atom. The van der Waals surface area contributed by atoms with E-state index in [1.165, 1.54) is 42.8 Å². The number of benzene rings is 2. The van der Waals surface area contributed by atoms with Crippen molar-refractivity contribution in [1.29, 1.82) is 0 Å². The van der Waals surface area contributed by atoms with Gasteiger partial charge in [0.2, 0.25) is 5.91 Å². The molecule has 3 nitrogen and oxygen atoms in total. The second-order valence-corrected chi connectivity index (χ2v) is 11.5. The Labute approximate surface area is 220 Å². The molecule has 0 atom stereocenters. The summed E-state index contributed by atoms with van der Waals surface area (Å²) in [7, 11) is 2.21. The Morgan fingerprint density at radius 2 is 1.49 bits per heavy atom. The molecule has 0 aromatic heterocycles. The van der Waals surface area contributed by atoms with Gasteiger partial charge in [-0.05, 0) is 71.9 Å². The van der Waals surface area contributed by atoms with Crippen molar-refractivity contribution in [3.8, 4) is 0 Å². The van der Waals surface area contributed by atoms with E-state index in [1.807, 2.05) is 63.7 Å². The minimum atomic E-state index is 0.0180. The van der Waals surface area contributed by atoms with Crippen LogP contribution in [0.25, 0.3) is 0 Å². The first-order valence-electron chi connectivity index (χ1n) is 13.5. The Morgan fingerprint density at radius 3 is 1.86 bits per heavy atom. The van der Waals surface area contributed by atoms with Crippen LogP contribution in [0.4, 0.5) is 5.69 Å². The number of nitrogens with one attached hydrogen (secondary N) is 1. The monoisotopic (exact) mass is 498 g/mol. The summed E-state index contributed by atoms with van der Waals surface area (Å²) in [5, 5.41) is 2.96. The highest BCUT2D eigenvalue weighted by atomic mass is 32.2. The van der Waals surface area contributed by atoms with Crippen LogP contribution in [0.3, 0.4) is 0 Å². The van der Waals surface area contributed by atoms with Crippen LogP contribution in [0, 0.1) is 5.41 Å². The number of likely N-dealkylation sites (tertiary alicyclic amines) is 1. The lowest BCUT2D eigenvalue weighted by molar-refractivity contribution is -0.115. The third-order valence-electron chi connectivity index (χ3n) is 6.26. The maximum Gasteiger partial charge on any atom is 0.228 e. The molecule has 0 bridgehead atoms. The van der Waals surface area contributed by atoms with E-state index in [1.54, 1.807) is 0 Å². The first-order valence-corrected chi connectivity index (χ1v) is 14.5. The van der Waals surface area contributed by atoms with Gasteiger partial charge in [0.1, 0.15) is 0 Å². The van der Waals surface area contributed by atoms with Crippen LogP contribution < -0.4 is 5.32 Å². The molecule has 1 heterocycles. The summed E-state index contributed by atoms with van der Waals surface area (Å²) in [4.78, 5) is 15.8. The number of nitrogens with zero attached hydrogens (tertiary/aromatic N) is 1. The van der Waals surface area contributed by atoms with Crippen LogP contribution in [0.15, 0.2) is 53.4 Å². The summed E-state index contributed by atoms with van der Waals surface area (Å²) in [5.41, 5.74) is 4.12. The van der Waals surface area contributed by atoms with E-state index in [9.17, 15) is 4.79 Å². The van der Waals surface area contributed by atoms with Gasteiger partial charge in [0.25, 0.3) is 0 Å². The Hall–Kier alpha value is -1.78. The molecule has 4 rings (SSSR count). The zero-order valence-corrected chi connectivity index (χ0v) is 24.6. The maximum absolute atomic E-state index is 12.2. The molecule has 1 aliphatic carbocycles. The number of rotatable bonds is 5. The summed E-state index contributed by atoms with van der Waals surface area (Å²) < 4.78 is 0. The zero-order chi connectivity index (χ0) is 26.5. The van der Waals surface area contributed by atoms with Gasteiger partial charge in [0.05, 0.1) is 6.42 Å². The molecule has 1 spiro atoms. The fourth-order valence-corrected chi connectivity index (χ4v) is 5.07. The quantitative estimate of drug-likeness (QED) is 0.420. The highest BCUT2D eigenvalue weighted by Crippen LogP contribution is 2.47. The SMILES string of the molecule is CC.CC.CCSc1ccc(CC(=O)Nc2ccc(C(C)(C)C)cc2)cc1.CN1CC2(CCC2)C1. The van der Waals surface area contributed by atoms with Gasteiger partial charge in [-0.1, -0.05) is 86.1 Å². The van der Waals surface area contributed by atoms with Crippen LogP contribution in [0.1, 0.15) is 85.8 Å². The second-order valence-electron chi connectivity index (χ2n) is 10.2. The summed E-state index contributed by atoms with van der Waals surface area (Å²) in [6.45, 7) is 19.4. The van der Waals surface area contributed by atoms with Gasteiger partial charge in [-0.15, -0.1) is 11.8 Å². The van der Waals surface area contributed by atoms with Crippen molar-refractivity contribution in [2.24, 2.45) is 5.41 Å². The van der Waals surface area contributed by atoms with Gasteiger partial charge in [-0.3, -0.25) is 4.79 Å². The molecule has 1 aliphatic heterocycles. The van der Waals surface area contributed by atoms with E-state index in [4.69, 9.17) is 0 Å². The molecule has 2 aromatic carbocycles. The Bertz CT molecular complexity index is 841. The number of carbonyl (C=O) groups excluding carboxylic acids is 1. The molecular weight excluding hydrogens is 448 g/mol. The summed E-state index contributed by atoms with van der Waals surface area (Å²) in [6.07, 6.45) is 4.92. The molecular formula is C31H50N2OS. The molecule has 1 amide bonds. The predicted molar refractivity (Wildman–Crippen MR) is 157 cm³/mol. The van der Waals surface area contributed by atoms with Gasteiger partial charge in [-0.25, -0.2) is 0 Å². The second kappa shape index (κ2) is 15.4. The molecule has 196 valence electrons. The van der Waals surface area contributed by atoms with E-state index in [0.29, 0.717) is 6.42 Å². The van der Waals surface area contributed by atoms with Gasteiger partial charge >= 0.3 is 0 Å². The minimum absolute atomic E-state index is 0.0180. The lowest BCUT2D eigenvalue weighted by Gasteiger charge is -2.54. The molecule has 0 unspecified atom stereocenters. The third kappa shape index (κ3) is 10.4. The predicted octanol–water partition coefficient (Wildman–Crippen LogP) is 8.43. The molecule has 1 saturated heterocycles. The number of hydrogen-bond acceptors (Lipinski definition) is 3. The van der Waals surface area contributed by atoms with E-state index >= 15 is 0 Å². The molecule has 35 heavy (non-hydrogen) atoms. The molecule has 1 saturated carbocycles. The summed E-state index contributed by atoms with van der Waals surface area (Å²) in [5.74, 6) is 1.08. The van der Waals surface area contributed by atoms with Crippen LogP contribution in [0.2, 0.25) is 0 Å². The molecule has 1 N–H and O–H groups in total. The van der Waals surface area contributed by atoms with Crippen LogP contribution in [-0.2, 0) is 16.6 Å². The maximum atomic E-state index is 12.2. The smallest absolute Gasteiger partial charge is 0.228 e. The van der Waals surface area contributed by atoms with Gasteiger partial charge in [0, 0.05) is 23.7 Å². The van der Waals surface area contributed by atoms with E-state index in [2.05, 4.69) is 69.2 Å². The van der Waals surface area contributed by atoms with E-state index in [-0.39, 0.29) is 11.3 Å². The van der Waals surface area contributed by atoms with E-state index in [0.717, 1.165) is 22.4 Å². The number of anilines is 1. The van der Waals surface area contributed by atoms with Crippen molar-refractivity contribution in [3.63, 3.8) is 0 Å². The standard InChI is InChI=1S/C20H25NOS.C7H13N.2C2H6/c1-5-23-18-12-6-15(7-13-18)14-19(22)21-17-10-8-16(9-11-17)20(2,3)4;1-8-5-7(6-8)3-2-4-7;2*1-2/h6-13H,5,14H2,1-4H3,(H,21,22);2-6H2,1H3;2*1-2H3. The summed E-state index contributed by atoms with van der Waals surface area (Å²) in [6, 6.07) is 16.3. The fourth-order valence-electron chi connectivity index (χ4n) is 4.41. The topological polar surface area (TPSA) is 32.3 Å². The number of carbonyl (C=O) groups is 1. The Balaban J connectivity index is 0.000000419. The molecule has 0 radical (unpaired) electrons. The lowest BCUT2D eigenvalue weighted by Crippen LogP contribution is -2.57. The highest BCUT2D eigenvalue weighted by molar-refractivity contribution is 7.99. The van der Waals surface area contributed by atoms with Gasteiger partial charge in [0.15, 0.2) is 0 Å². The van der Waals surface area contributed by atoms with Crippen molar-refractivity contribution in [1.82, 2.24) is 4.90 Å². The third-order valence-corrected chi connectivity index (χ3v) is 7.15. The molecule has 2 fully saturated rings. The molecule has 4 heteroatoms. The van der Waals surface area contributed by atoms with Crippen molar-refractivity contribution >= 4 is 23.4 Å². The average molecular weight is 499 g/mol. The van der Waals surface area contributed by atoms with Crippen LogP contribution >= 0.6 is 11.8 Å². The van der Waals surface area contributed by atoms with Crippen molar-refractivity contribution in [2.45, 2.75) is 91.4 Å². The van der Waals surface area contributed by atoms with E-state index < -0.39 is 0 Å². The Kier molecular flexibility index (Phi) is 13.7. The number of thioether (sulfide) groups is 1. The average Bonchev–Trinajstić information content (AvgIpc) is 2.80. The first-order chi connectivity index (χ1) is 16.7. The van der Waals surface area contributed by atoms with Crippen molar-refractivity contribution in [3.05, 3.63) is 59.7 Å². The zero-order valence-electron chi connectivity index (χ0n) is 23.8. The largest absolute Gasteiger partial charge is 0.326 e. The lowest BCUT2D eigenvalue weighted by atomic mass is 9.64. The first kappa shape index (κ1) is 31.3. The van der Waals surface area contributed by atoms with Gasteiger partial charge < -0.3 is 10.2 Å². The highest BCUT2D eigenvalue weighted by Gasteiger charge is 2.45. The fraction of sp³-hybridized carbons (Fsp3) is 0.581. The van der Waals surface area contributed by atoms with Crippen LogP contribution in [0.5, 0.6) is 0 Å². The van der Waals surface area contributed by atoms with Crippen molar-refractivity contribution in [2.75, 3.05) is 31.2 Å². The normalized spacial score (nSPS) is 15.6. The van der Waals surface area contributed by atoms with Crippen LogP contribution in [-0.4, -0.2) is 36.7 Å².